The standard InChI is InChI=1S/C15H15NO3/c16-14-7-6-13(8-12(14)9-15(17)18)19-10-11-4-2-1-3-5-11/h1-8H,9-10,16H2,(H,17,18). The molecule has 0 aromatic heterocycles. The van der Waals surface area contributed by atoms with Gasteiger partial charge in [0.1, 0.15) is 12.4 Å². The van der Waals surface area contributed by atoms with E-state index in [2.05, 4.69) is 0 Å². The van der Waals surface area contributed by atoms with Crippen molar-refractivity contribution < 1.29 is 14.6 Å². The second-order valence-electron chi connectivity index (χ2n) is 4.21. The van der Waals surface area contributed by atoms with Gasteiger partial charge in [-0.25, -0.2) is 0 Å². The monoisotopic (exact) mass is 257 g/mol. The van der Waals surface area contributed by atoms with Gasteiger partial charge in [0.25, 0.3) is 0 Å². The molecule has 2 aromatic rings. The predicted molar refractivity (Wildman–Crippen MR) is 73.0 cm³/mol. The molecular weight excluding hydrogens is 242 g/mol. The first kappa shape index (κ1) is 13.0. The summed E-state index contributed by atoms with van der Waals surface area (Å²) in [6, 6.07) is 14.8. The van der Waals surface area contributed by atoms with Crippen LogP contribution < -0.4 is 10.5 Å². The molecule has 19 heavy (non-hydrogen) atoms. The molecule has 4 heteroatoms. The van der Waals surface area contributed by atoms with E-state index in [0.29, 0.717) is 23.6 Å². The van der Waals surface area contributed by atoms with Crippen molar-refractivity contribution in [1.82, 2.24) is 0 Å². The molecule has 0 bridgehead atoms. The van der Waals surface area contributed by atoms with Gasteiger partial charge in [0.15, 0.2) is 0 Å². The Morgan fingerprint density at radius 1 is 1.16 bits per heavy atom. The van der Waals surface area contributed by atoms with Crippen molar-refractivity contribution in [3.63, 3.8) is 0 Å². The Balaban J connectivity index is 2.06. The molecule has 98 valence electrons. The molecule has 0 saturated carbocycles. The van der Waals surface area contributed by atoms with Crippen LogP contribution in [-0.4, -0.2) is 11.1 Å². The first-order chi connectivity index (χ1) is 9.15. The van der Waals surface area contributed by atoms with E-state index in [-0.39, 0.29) is 6.42 Å². The molecule has 0 atom stereocenters. The molecule has 0 amide bonds. The minimum atomic E-state index is -0.910. The van der Waals surface area contributed by atoms with Gasteiger partial charge in [0.2, 0.25) is 0 Å². The third kappa shape index (κ3) is 3.74. The number of benzene rings is 2. The molecule has 0 heterocycles. The Labute approximate surface area is 111 Å². The Kier molecular flexibility index (Phi) is 4.03. The van der Waals surface area contributed by atoms with E-state index in [9.17, 15) is 4.79 Å². The van der Waals surface area contributed by atoms with E-state index < -0.39 is 5.97 Å². The summed E-state index contributed by atoms with van der Waals surface area (Å²) in [6.45, 7) is 0.442. The number of anilines is 1. The van der Waals surface area contributed by atoms with Crippen LogP contribution in [-0.2, 0) is 17.8 Å². The van der Waals surface area contributed by atoms with Crippen LogP contribution >= 0.6 is 0 Å². The molecule has 2 rings (SSSR count). The molecule has 0 fully saturated rings. The fourth-order valence-corrected chi connectivity index (χ4v) is 1.73. The molecule has 0 aliphatic rings. The maximum atomic E-state index is 10.7. The van der Waals surface area contributed by atoms with Gasteiger partial charge in [-0.2, -0.15) is 0 Å². The second-order valence-corrected chi connectivity index (χ2v) is 4.21. The van der Waals surface area contributed by atoms with Gasteiger partial charge in [0.05, 0.1) is 6.42 Å². The highest BCUT2D eigenvalue weighted by atomic mass is 16.5. The van der Waals surface area contributed by atoms with Crippen molar-refractivity contribution in [2.45, 2.75) is 13.0 Å². The lowest BCUT2D eigenvalue weighted by atomic mass is 10.1. The molecule has 0 spiro atoms. The Morgan fingerprint density at radius 3 is 2.58 bits per heavy atom. The van der Waals surface area contributed by atoms with Crippen LogP contribution in [0.5, 0.6) is 5.75 Å². The first-order valence-electron chi connectivity index (χ1n) is 5.92. The van der Waals surface area contributed by atoms with Gasteiger partial charge in [-0.05, 0) is 29.3 Å². The highest BCUT2D eigenvalue weighted by molar-refractivity contribution is 5.73. The van der Waals surface area contributed by atoms with Crippen molar-refractivity contribution in [1.29, 1.82) is 0 Å². The Morgan fingerprint density at radius 2 is 1.89 bits per heavy atom. The van der Waals surface area contributed by atoms with Crippen molar-refractivity contribution >= 4 is 11.7 Å². The molecule has 0 unspecified atom stereocenters. The summed E-state index contributed by atoms with van der Waals surface area (Å²) >= 11 is 0. The van der Waals surface area contributed by atoms with Gasteiger partial charge in [-0.3, -0.25) is 4.79 Å². The minimum Gasteiger partial charge on any atom is -0.489 e. The summed E-state index contributed by atoms with van der Waals surface area (Å²) in [5, 5.41) is 8.79. The van der Waals surface area contributed by atoms with Crippen LogP contribution in [0.25, 0.3) is 0 Å². The largest absolute Gasteiger partial charge is 0.489 e. The SMILES string of the molecule is Nc1ccc(OCc2ccccc2)cc1CC(=O)O. The van der Waals surface area contributed by atoms with E-state index in [1.165, 1.54) is 0 Å². The lowest BCUT2D eigenvalue weighted by Crippen LogP contribution is -2.04. The van der Waals surface area contributed by atoms with E-state index in [0.717, 1.165) is 5.56 Å². The van der Waals surface area contributed by atoms with Gasteiger partial charge >= 0.3 is 5.97 Å². The smallest absolute Gasteiger partial charge is 0.307 e. The molecule has 0 saturated heterocycles. The average Bonchev–Trinajstić information content (AvgIpc) is 2.40. The Hall–Kier alpha value is -2.49. The van der Waals surface area contributed by atoms with Gasteiger partial charge in [-0.1, -0.05) is 30.3 Å². The highest BCUT2D eigenvalue weighted by Gasteiger charge is 2.06. The zero-order chi connectivity index (χ0) is 13.7. The summed E-state index contributed by atoms with van der Waals surface area (Å²) in [4.78, 5) is 10.7. The van der Waals surface area contributed by atoms with Crippen LogP contribution in [0.2, 0.25) is 0 Å². The maximum absolute atomic E-state index is 10.7. The number of hydrogen-bond donors (Lipinski definition) is 2. The summed E-state index contributed by atoms with van der Waals surface area (Å²) in [5.41, 5.74) is 7.82. The third-order valence-electron chi connectivity index (χ3n) is 2.70. The van der Waals surface area contributed by atoms with Crippen molar-refractivity contribution in [2.75, 3.05) is 5.73 Å². The summed E-state index contributed by atoms with van der Waals surface area (Å²) in [7, 11) is 0. The van der Waals surface area contributed by atoms with E-state index >= 15 is 0 Å². The molecule has 2 aromatic carbocycles. The van der Waals surface area contributed by atoms with Crippen LogP contribution in [0.3, 0.4) is 0 Å². The summed E-state index contributed by atoms with van der Waals surface area (Å²) in [5.74, 6) is -0.291. The van der Waals surface area contributed by atoms with Gasteiger partial charge in [0, 0.05) is 5.69 Å². The number of aliphatic carboxylic acids is 1. The van der Waals surface area contributed by atoms with Gasteiger partial charge < -0.3 is 15.6 Å². The maximum Gasteiger partial charge on any atom is 0.307 e. The molecule has 3 N–H and O–H groups in total. The number of carbonyl (C=O) groups is 1. The lowest BCUT2D eigenvalue weighted by Gasteiger charge is -2.09. The number of rotatable bonds is 5. The molecular formula is C15H15NO3. The fourth-order valence-electron chi connectivity index (χ4n) is 1.73. The fraction of sp³-hybridized carbons (Fsp3) is 0.133. The average molecular weight is 257 g/mol. The minimum absolute atomic E-state index is 0.103. The van der Waals surface area contributed by atoms with Crippen LogP contribution in [0.1, 0.15) is 11.1 Å². The molecule has 0 radical (unpaired) electrons. The van der Waals surface area contributed by atoms with Crippen molar-refractivity contribution in [2.24, 2.45) is 0 Å². The molecule has 0 aliphatic heterocycles. The van der Waals surface area contributed by atoms with Crippen molar-refractivity contribution in [3.8, 4) is 5.75 Å². The van der Waals surface area contributed by atoms with Crippen LogP contribution in [0, 0.1) is 0 Å². The normalized spacial score (nSPS) is 10.1. The van der Waals surface area contributed by atoms with Crippen molar-refractivity contribution in [3.05, 3.63) is 59.7 Å². The van der Waals surface area contributed by atoms with E-state index in [1.807, 2.05) is 30.3 Å². The number of carboxylic acids is 1. The van der Waals surface area contributed by atoms with Crippen LogP contribution in [0.4, 0.5) is 5.69 Å². The molecule has 4 nitrogen and oxygen atoms in total. The van der Waals surface area contributed by atoms with Crippen LogP contribution in [0.15, 0.2) is 48.5 Å². The molecule has 0 aliphatic carbocycles. The lowest BCUT2D eigenvalue weighted by molar-refractivity contribution is -0.136. The predicted octanol–water partition coefficient (Wildman–Crippen LogP) is 2.47. The number of hydrogen-bond acceptors (Lipinski definition) is 3. The number of ether oxygens (including phenoxy) is 1. The summed E-state index contributed by atoms with van der Waals surface area (Å²) in [6.07, 6.45) is -0.103. The zero-order valence-electron chi connectivity index (χ0n) is 10.4. The quantitative estimate of drug-likeness (QED) is 0.807. The number of nitrogen functional groups attached to an aromatic ring is 1. The number of nitrogens with two attached hydrogens (primary N) is 1. The zero-order valence-corrected chi connectivity index (χ0v) is 10.4. The summed E-state index contributed by atoms with van der Waals surface area (Å²) < 4.78 is 5.62. The van der Waals surface area contributed by atoms with E-state index in [1.54, 1.807) is 18.2 Å². The Bertz CT molecular complexity index is 567. The highest BCUT2D eigenvalue weighted by Crippen LogP contribution is 2.21. The second kappa shape index (κ2) is 5.91. The topological polar surface area (TPSA) is 72.5 Å². The first-order valence-corrected chi connectivity index (χ1v) is 5.92. The third-order valence-corrected chi connectivity index (χ3v) is 2.70. The number of carboxylic acid groups (broad SMARTS) is 1. The van der Waals surface area contributed by atoms with Gasteiger partial charge in [-0.15, -0.1) is 0 Å². The van der Waals surface area contributed by atoms with E-state index in [4.69, 9.17) is 15.6 Å².